The first-order valence-corrected chi connectivity index (χ1v) is 6.05. The van der Waals surface area contributed by atoms with Crippen LogP contribution in [-0.4, -0.2) is 22.3 Å². The van der Waals surface area contributed by atoms with E-state index in [4.69, 9.17) is 16.7 Å². The van der Waals surface area contributed by atoms with Gasteiger partial charge in [-0.3, -0.25) is 4.79 Å². The summed E-state index contributed by atoms with van der Waals surface area (Å²) in [6.45, 7) is 0. The molecule has 0 atom stereocenters. The summed E-state index contributed by atoms with van der Waals surface area (Å²) in [4.78, 5) is 11.8. The molecule has 1 amide bonds. The normalized spacial score (nSPS) is 10.7. The predicted molar refractivity (Wildman–Crippen MR) is 76.3 cm³/mol. The van der Waals surface area contributed by atoms with E-state index in [1.165, 1.54) is 36.5 Å². The quantitative estimate of drug-likeness (QED) is 0.600. The molecule has 0 saturated heterocycles. The Morgan fingerprint density at radius 1 is 1.15 bits per heavy atom. The Kier molecular flexibility index (Phi) is 4.22. The fourth-order valence-electron chi connectivity index (χ4n) is 1.48. The largest absolute Gasteiger partial charge is 0.508 e. The Balaban J connectivity index is 2.05. The van der Waals surface area contributed by atoms with Gasteiger partial charge in [-0.2, -0.15) is 5.10 Å². The first-order chi connectivity index (χ1) is 9.56. The smallest absolute Gasteiger partial charge is 0.275 e. The van der Waals surface area contributed by atoms with Crippen LogP contribution in [0.4, 0.5) is 0 Å². The molecule has 0 aromatic heterocycles. The summed E-state index contributed by atoms with van der Waals surface area (Å²) in [5.41, 5.74) is 3.03. The third-order valence-corrected chi connectivity index (χ3v) is 2.71. The highest BCUT2D eigenvalue weighted by molar-refractivity contribution is 6.31. The average Bonchev–Trinajstić information content (AvgIpc) is 2.43. The summed E-state index contributed by atoms with van der Waals surface area (Å²) in [6.07, 6.45) is 1.42. The number of carbonyl (C=O) groups is 1. The minimum atomic E-state index is -0.569. The van der Waals surface area contributed by atoms with Crippen molar-refractivity contribution in [1.29, 1.82) is 0 Å². The zero-order valence-corrected chi connectivity index (χ0v) is 11.0. The van der Waals surface area contributed by atoms with Gasteiger partial charge in [0.1, 0.15) is 11.5 Å². The number of hydrogen-bond donors (Lipinski definition) is 3. The van der Waals surface area contributed by atoms with E-state index in [1.54, 1.807) is 12.1 Å². The van der Waals surface area contributed by atoms with Gasteiger partial charge in [0.15, 0.2) is 0 Å². The molecule has 0 aliphatic carbocycles. The number of rotatable bonds is 3. The molecule has 0 fully saturated rings. The van der Waals surface area contributed by atoms with E-state index in [1.807, 2.05) is 0 Å². The van der Waals surface area contributed by atoms with Gasteiger partial charge >= 0.3 is 0 Å². The Hall–Kier alpha value is -2.53. The number of phenols is 2. The summed E-state index contributed by atoms with van der Waals surface area (Å²) >= 11 is 5.75. The van der Waals surface area contributed by atoms with Gasteiger partial charge in [0, 0.05) is 5.02 Å². The van der Waals surface area contributed by atoms with Gasteiger partial charge in [0.2, 0.25) is 0 Å². The first-order valence-electron chi connectivity index (χ1n) is 5.67. The van der Waals surface area contributed by atoms with E-state index in [-0.39, 0.29) is 17.1 Å². The maximum atomic E-state index is 11.8. The molecule has 6 heteroatoms. The predicted octanol–water partition coefficient (Wildman–Crippen LogP) is 2.52. The second kappa shape index (κ2) is 6.08. The molecule has 2 aromatic carbocycles. The molecule has 0 unspecified atom stereocenters. The van der Waals surface area contributed by atoms with E-state index in [0.717, 1.165) is 0 Å². The van der Waals surface area contributed by atoms with E-state index in [9.17, 15) is 9.90 Å². The van der Waals surface area contributed by atoms with Crippen molar-refractivity contribution in [1.82, 2.24) is 5.43 Å². The number of benzene rings is 2. The van der Waals surface area contributed by atoms with E-state index < -0.39 is 5.91 Å². The summed E-state index contributed by atoms with van der Waals surface area (Å²) in [5, 5.41) is 22.8. The van der Waals surface area contributed by atoms with Crippen LogP contribution in [0, 0.1) is 0 Å². The number of carbonyl (C=O) groups excluding carboxylic acids is 1. The van der Waals surface area contributed by atoms with Gasteiger partial charge in [-0.1, -0.05) is 11.6 Å². The first kappa shape index (κ1) is 13.9. The summed E-state index contributed by atoms with van der Waals surface area (Å²) in [7, 11) is 0. The van der Waals surface area contributed by atoms with Gasteiger partial charge in [-0.25, -0.2) is 5.43 Å². The number of hydrazone groups is 1. The zero-order chi connectivity index (χ0) is 14.5. The standard InChI is InChI=1S/C14H11ClN2O3/c15-10-3-6-13(19)12(7-10)14(20)17-16-8-9-1-4-11(18)5-2-9/h1-8,18-19H,(H,17,20)/b16-8+. The fraction of sp³-hybridized carbons (Fsp3) is 0. The molecule has 3 N–H and O–H groups in total. The minimum absolute atomic E-state index is 0.0420. The highest BCUT2D eigenvalue weighted by Crippen LogP contribution is 2.21. The SMILES string of the molecule is O=C(N/N=C/c1ccc(O)cc1)c1cc(Cl)ccc1O. The van der Waals surface area contributed by atoms with Crippen LogP contribution >= 0.6 is 11.6 Å². The number of amides is 1. The third-order valence-electron chi connectivity index (χ3n) is 2.48. The maximum absolute atomic E-state index is 11.8. The van der Waals surface area contributed by atoms with Crippen LogP contribution in [0.2, 0.25) is 5.02 Å². The second-order valence-corrected chi connectivity index (χ2v) is 4.39. The number of halogens is 1. The number of nitrogens with one attached hydrogen (secondary N) is 1. The molecule has 2 aromatic rings. The molecule has 0 heterocycles. The van der Waals surface area contributed by atoms with Crippen LogP contribution in [0.15, 0.2) is 47.6 Å². The molecule has 0 radical (unpaired) electrons. The molecule has 0 saturated carbocycles. The third kappa shape index (κ3) is 3.49. The number of phenolic OH excluding ortho intramolecular Hbond substituents is 2. The molecule has 0 aliphatic heterocycles. The Bertz CT molecular complexity index is 654. The van der Waals surface area contributed by atoms with Crippen molar-refractivity contribution in [2.45, 2.75) is 0 Å². The number of hydrogen-bond acceptors (Lipinski definition) is 4. The van der Waals surface area contributed by atoms with Crippen molar-refractivity contribution >= 4 is 23.7 Å². The highest BCUT2D eigenvalue weighted by atomic mass is 35.5. The van der Waals surface area contributed by atoms with Crippen LogP contribution < -0.4 is 5.43 Å². The Labute approximate surface area is 120 Å². The highest BCUT2D eigenvalue weighted by Gasteiger charge is 2.10. The summed E-state index contributed by atoms with van der Waals surface area (Å²) in [6, 6.07) is 10.5. The van der Waals surface area contributed by atoms with Crippen LogP contribution in [0.3, 0.4) is 0 Å². The van der Waals surface area contributed by atoms with E-state index in [2.05, 4.69) is 10.5 Å². The fourth-order valence-corrected chi connectivity index (χ4v) is 1.65. The van der Waals surface area contributed by atoms with Crippen LogP contribution in [0.5, 0.6) is 11.5 Å². The monoisotopic (exact) mass is 290 g/mol. The number of aromatic hydroxyl groups is 2. The van der Waals surface area contributed by atoms with Crippen LogP contribution in [0.25, 0.3) is 0 Å². The van der Waals surface area contributed by atoms with E-state index in [0.29, 0.717) is 10.6 Å². The molecule has 0 bridgehead atoms. The van der Waals surface area contributed by atoms with Crippen molar-refractivity contribution in [3.8, 4) is 11.5 Å². The lowest BCUT2D eigenvalue weighted by Gasteiger charge is -2.03. The van der Waals surface area contributed by atoms with Gasteiger partial charge in [0.25, 0.3) is 5.91 Å². The van der Waals surface area contributed by atoms with Gasteiger partial charge in [-0.15, -0.1) is 0 Å². The molecule has 5 nitrogen and oxygen atoms in total. The maximum Gasteiger partial charge on any atom is 0.275 e. The molecule has 102 valence electrons. The van der Waals surface area contributed by atoms with Gasteiger partial charge in [-0.05, 0) is 48.0 Å². The van der Waals surface area contributed by atoms with Gasteiger partial charge < -0.3 is 10.2 Å². The minimum Gasteiger partial charge on any atom is -0.508 e. The summed E-state index contributed by atoms with van der Waals surface area (Å²) in [5.74, 6) is -0.596. The van der Waals surface area contributed by atoms with Crippen molar-refractivity contribution < 1.29 is 15.0 Å². The van der Waals surface area contributed by atoms with Crippen molar-refractivity contribution in [2.24, 2.45) is 5.10 Å². The molecule has 0 aliphatic rings. The lowest BCUT2D eigenvalue weighted by Crippen LogP contribution is -2.17. The van der Waals surface area contributed by atoms with E-state index >= 15 is 0 Å². The molecule has 0 spiro atoms. The zero-order valence-electron chi connectivity index (χ0n) is 10.2. The molecule has 20 heavy (non-hydrogen) atoms. The second-order valence-electron chi connectivity index (χ2n) is 3.95. The van der Waals surface area contributed by atoms with Crippen molar-refractivity contribution in [3.05, 3.63) is 58.6 Å². The van der Waals surface area contributed by atoms with Crippen molar-refractivity contribution in [3.63, 3.8) is 0 Å². The average molecular weight is 291 g/mol. The number of nitrogens with zero attached hydrogens (tertiary/aromatic N) is 1. The Morgan fingerprint density at radius 3 is 2.55 bits per heavy atom. The van der Waals surface area contributed by atoms with Crippen molar-refractivity contribution in [2.75, 3.05) is 0 Å². The van der Waals surface area contributed by atoms with Gasteiger partial charge in [0.05, 0.1) is 11.8 Å². The molecular weight excluding hydrogens is 280 g/mol. The Morgan fingerprint density at radius 2 is 1.85 bits per heavy atom. The lowest BCUT2D eigenvalue weighted by atomic mass is 10.2. The molecule has 2 rings (SSSR count). The summed E-state index contributed by atoms with van der Waals surface area (Å²) < 4.78 is 0. The lowest BCUT2D eigenvalue weighted by molar-refractivity contribution is 0.0952. The van der Waals surface area contributed by atoms with Crippen LogP contribution in [0.1, 0.15) is 15.9 Å². The topological polar surface area (TPSA) is 81.9 Å². The molecular formula is C14H11ClN2O3. The van der Waals surface area contributed by atoms with Crippen LogP contribution in [-0.2, 0) is 0 Å².